The van der Waals surface area contributed by atoms with Crippen molar-refractivity contribution in [1.82, 2.24) is 4.90 Å². The summed E-state index contributed by atoms with van der Waals surface area (Å²) in [5.41, 5.74) is -0.533. The fourth-order valence-corrected chi connectivity index (χ4v) is 2.38. The van der Waals surface area contributed by atoms with E-state index in [9.17, 15) is 15.0 Å². The Balaban J connectivity index is 2.59. The minimum Gasteiger partial charge on any atom is -0.481 e. The predicted octanol–water partition coefficient (Wildman–Crippen LogP) is 1.33. The number of likely N-dealkylation sites (tertiary alicyclic amines) is 1. The summed E-state index contributed by atoms with van der Waals surface area (Å²) in [6, 6.07) is 0.114. The van der Waals surface area contributed by atoms with E-state index in [2.05, 4.69) is 4.90 Å². The Bertz CT molecular complexity index is 245. The van der Waals surface area contributed by atoms with Crippen LogP contribution in [0, 0.1) is 5.41 Å². The summed E-state index contributed by atoms with van der Waals surface area (Å²) in [7, 11) is 0. The van der Waals surface area contributed by atoms with Crippen LogP contribution in [0.1, 0.15) is 40.0 Å². The zero-order chi connectivity index (χ0) is 12.3. The highest BCUT2D eigenvalue weighted by Crippen LogP contribution is 2.35. The molecule has 1 rings (SSSR count). The minimum atomic E-state index is -0.667. The first kappa shape index (κ1) is 13.5. The van der Waals surface area contributed by atoms with Crippen LogP contribution in [0.4, 0.5) is 0 Å². The van der Waals surface area contributed by atoms with Crippen molar-refractivity contribution in [2.75, 3.05) is 13.1 Å². The zero-order valence-corrected chi connectivity index (χ0v) is 10.4. The van der Waals surface area contributed by atoms with E-state index in [-0.39, 0.29) is 12.1 Å². The Kier molecular flexibility index (Phi) is 4.33. The number of hydrogen-bond donors (Lipinski definition) is 2. The second kappa shape index (κ2) is 5.15. The Labute approximate surface area is 97.3 Å². The molecule has 1 aliphatic rings. The van der Waals surface area contributed by atoms with E-state index < -0.39 is 11.4 Å². The molecule has 1 aliphatic heterocycles. The number of piperidine rings is 1. The van der Waals surface area contributed by atoms with E-state index in [0.717, 1.165) is 13.1 Å². The molecular formula is C12H23NO3. The van der Waals surface area contributed by atoms with Gasteiger partial charge in [-0.2, -0.15) is 0 Å². The van der Waals surface area contributed by atoms with Gasteiger partial charge in [0, 0.05) is 6.04 Å². The molecule has 2 atom stereocenters. The number of carboxylic acids is 1. The summed E-state index contributed by atoms with van der Waals surface area (Å²) >= 11 is 0. The van der Waals surface area contributed by atoms with Gasteiger partial charge in [0.15, 0.2) is 0 Å². The average molecular weight is 229 g/mol. The maximum Gasteiger partial charge on any atom is 0.309 e. The van der Waals surface area contributed by atoms with Gasteiger partial charge in [-0.1, -0.05) is 6.92 Å². The third kappa shape index (κ3) is 2.55. The highest BCUT2D eigenvalue weighted by atomic mass is 16.4. The summed E-state index contributed by atoms with van der Waals surface area (Å²) in [5, 5.41) is 18.8. The summed E-state index contributed by atoms with van der Waals surface area (Å²) < 4.78 is 0. The zero-order valence-electron chi connectivity index (χ0n) is 10.4. The van der Waals surface area contributed by atoms with Crippen molar-refractivity contribution >= 4 is 5.97 Å². The van der Waals surface area contributed by atoms with E-state index in [0.29, 0.717) is 19.3 Å². The fourth-order valence-electron chi connectivity index (χ4n) is 2.38. The van der Waals surface area contributed by atoms with Gasteiger partial charge in [-0.3, -0.25) is 9.69 Å². The second-order valence-corrected chi connectivity index (χ2v) is 4.96. The Morgan fingerprint density at radius 2 is 1.88 bits per heavy atom. The van der Waals surface area contributed by atoms with Gasteiger partial charge in [0.25, 0.3) is 0 Å². The van der Waals surface area contributed by atoms with Gasteiger partial charge < -0.3 is 10.2 Å². The van der Waals surface area contributed by atoms with Gasteiger partial charge in [-0.05, 0) is 46.2 Å². The van der Waals surface area contributed by atoms with E-state index in [1.807, 2.05) is 13.8 Å². The quantitative estimate of drug-likeness (QED) is 0.763. The topological polar surface area (TPSA) is 60.8 Å². The molecule has 0 saturated carbocycles. The smallest absolute Gasteiger partial charge is 0.309 e. The summed E-state index contributed by atoms with van der Waals surface area (Å²) in [6.07, 6.45) is 1.71. The Hall–Kier alpha value is -0.610. The van der Waals surface area contributed by atoms with Crippen molar-refractivity contribution in [1.29, 1.82) is 0 Å². The van der Waals surface area contributed by atoms with Crippen molar-refractivity contribution in [2.45, 2.75) is 52.2 Å². The van der Waals surface area contributed by atoms with Gasteiger partial charge in [0.05, 0.1) is 11.5 Å². The Morgan fingerprint density at radius 1 is 1.38 bits per heavy atom. The van der Waals surface area contributed by atoms with Crippen molar-refractivity contribution < 1.29 is 15.0 Å². The van der Waals surface area contributed by atoms with E-state index in [1.165, 1.54) is 0 Å². The van der Waals surface area contributed by atoms with Crippen molar-refractivity contribution in [3.05, 3.63) is 0 Å². The highest BCUT2D eigenvalue weighted by molar-refractivity contribution is 5.74. The van der Waals surface area contributed by atoms with Crippen LogP contribution in [0.5, 0.6) is 0 Å². The molecule has 0 aromatic heterocycles. The number of carbonyl (C=O) groups is 1. The highest BCUT2D eigenvalue weighted by Gasteiger charge is 2.40. The predicted molar refractivity (Wildman–Crippen MR) is 62.3 cm³/mol. The van der Waals surface area contributed by atoms with Crippen LogP contribution in [-0.2, 0) is 4.79 Å². The van der Waals surface area contributed by atoms with Gasteiger partial charge in [-0.15, -0.1) is 0 Å². The van der Waals surface area contributed by atoms with Crippen LogP contribution in [0.15, 0.2) is 0 Å². The first-order chi connectivity index (χ1) is 7.43. The maximum absolute atomic E-state index is 11.2. The number of nitrogens with zero attached hydrogens (tertiary/aromatic N) is 1. The SMILES string of the molecule is CCC1(C(=O)O)CCN(C(C)C(C)O)CC1. The van der Waals surface area contributed by atoms with Gasteiger partial charge >= 0.3 is 5.97 Å². The molecule has 0 bridgehead atoms. The number of aliphatic hydroxyl groups excluding tert-OH is 1. The van der Waals surface area contributed by atoms with E-state index in [1.54, 1.807) is 6.92 Å². The van der Waals surface area contributed by atoms with Crippen molar-refractivity contribution in [3.63, 3.8) is 0 Å². The third-order valence-corrected chi connectivity index (χ3v) is 4.16. The summed E-state index contributed by atoms with van der Waals surface area (Å²) in [6.45, 7) is 7.26. The Morgan fingerprint density at radius 3 is 2.19 bits per heavy atom. The van der Waals surface area contributed by atoms with Crippen LogP contribution in [0.3, 0.4) is 0 Å². The molecule has 0 amide bonds. The van der Waals surface area contributed by atoms with Crippen LogP contribution in [0.2, 0.25) is 0 Å². The second-order valence-electron chi connectivity index (χ2n) is 4.96. The standard InChI is InChI=1S/C12H23NO3/c1-4-12(11(15)16)5-7-13(8-6-12)9(2)10(3)14/h9-10,14H,4-8H2,1-3H3,(H,15,16). The van der Waals surface area contributed by atoms with Crippen LogP contribution in [0.25, 0.3) is 0 Å². The molecule has 0 aromatic rings. The molecule has 0 radical (unpaired) electrons. The molecule has 1 fully saturated rings. The van der Waals surface area contributed by atoms with Crippen molar-refractivity contribution in [3.8, 4) is 0 Å². The minimum absolute atomic E-state index is 0.114. The van der Waals surface area contributed by atoms with Crippen LogP contribution >= 0.6 is 0 Å². The largest absolute Gasteiger partial charge is 0.481 e. The lowest BCUT2D eigenvalue weighted by molar-refractivity contribution is -0.153. The van der Waals surface area contributed by atoms with Gasteiger partial charge in [0.2, 0.25) is 0 Å². The van der Waals surface area contributed by atoms with E-state index in [4.69, 9.17) is 0 Å². The molecule has 2 N–H and O–H groups in total. The van der Waals surface area contributed by atoms with E-state index >= 15 is 0 Å². The molecule has 4 heteroatoms. The fraction of sp³-hybridized carbons (Fsp3) is 0.917. The monoisotopic (exact) mass is 229 g/mol. The molecule has 4 nitrogen and oxygen atoms in total. The molecule has 94 valence electrons. The van der Waals surface area contributed by atoms with Crippen LogP contribution in [-0.4, -0.2) is 46.3 Å². The molecule has 0 spiro atoms. The first-order valence-electron chi connectivity index (χ1n) is 6.08. The maximum atomic E-state index is 11.2. The number of hydrogen-bond acceptors (Lipinski definition) is 3. The van der Waals surface area contributed by atoms with Crippen LogP contribution < -0.4 is 0 Å². The number of rotatable bonds is 4. The number of aliphatic carboxylic acids is 1. The molecule has 1 heterocycles. The lowest BCUT2D eigenvalue weighted by atomic mass is 9.76. The van der Waals surface area contributed by atoms with Gasteiger partial charge in [-0.25, -0.2) is 0 Å². The number of aliphatic hydroxyl groups is 1. The lowest BCUT2D eigenvalue weighted by Crippen LogP contribution is -2.49. The first-order valence-corrected chi connectivity index (χ1v) is 6.08. The van der Waals surface area contributed by atoms with Crippen molar-refractivity contribution in [2.24, 2.45) is 5.41 Å². The third-order valence-electron chi connectivity index (χ3n) is 4.16. The molecule has 16 heavy (non-hydrogen) atoms. The number of carboxylic acid groups (broad SMARTS) is 1. The molecule has 2 unspecified atom stereocenters. The average Bonchev–Trinajstić information content (AvgIpc) is 2.27. The normalized spacial score (nSPS) is 25.0. The lowest BCUT2D eigenvalue weighted by Gasteiger charge is -2.41. The molecule has 0 aromatic carbocycles. The summed E-state index contributed by atoms with van der Waals surface area (Å²) in [5.74, 6) is -0.667. The van der Waals surface area contributed by atoms with Gasteiger partial charge in [0.1, 0.15) is 0 Å². The molecule has 0 aliphatic carbocycles. The molecular weight excluding hydrogens is 206 g/mol. The summed E-state index contributed by atoms with van der Waals surface area (Å²) in [4.78, 5) is 13.4. The molecule has 1 saturated heterocycles.